The van der Waals surface area contributed by atoms with Crippen LogP contribution in [0.3, 0.4) is 0 Å². The van der Waals surface area contributed by atoms with Crippen LogP contribution in [0.1, 0.15) is 33.1 Å². The molecule has 0 radical (unpaired) electrons. The van der Waals surface area contributed by atoms with Gasteiger partial charge in [-0.05, 0) is 33.2 Å². The van der Waals surface area contributed by atoms with Gasteiger partial charge in [0.1, 0.15) is 6.04 Å². The molecule has 0 amide bonds. The monoisotopic (exact) mass is 254 g/mol. The topological polar surface area (TPSA) is 73.6 Å². The van der Waals surface area contributed by atoms with Crippen molar-refractivity contribution in [1.82, 2.24) is 4.90 Å². The van der Waals surface area contributed by atoms with Crippen molar-refractivity contribution in [3.63, 3.8) is 0 Å². The van der Waals surface area contributed by atoms with Crippen LogP contribution in [-0.2, 0) is 9.53 Å². The second kappa shape index (κ2) is 6.72. The van der Waals surface area contributed by atoms with E-state index in [1.54, 1.807) is 0 Å². The van der Waals surface area contributed by atoms with E-state index in [1.165, 1.54) is 0 Å². The van der Waals surface area contributed by atoms with Gasteiger partial charge in [-0.3, -0.25) is 9.69 Å². The molecule has 1 unspecified atom stereocenters. The third kappa shape index (κ3) is 4.63. The molecule has 1 atom stereocenters. The zero-order valence-electron chi connectivity index (χ0n) is 11.2. The van der Waals surface area contributed by atoms with Crippen molar-refractivity contribution in [1.29, 1.82) is 5.26 Å². The molecule has 1 fully saturated rings. The third-order valence-electron chi connectivity index (χ3n) is 3.32. The van der Waals surface area contributed by atoms with Crippen LogP contribution in [0.5, 0.6) is 0 Å². The van der Waals surface area contributed by atoms with Gasteiger partial charge in [-0.1, -0.05) is 6.42 Å². The van der Waals surface area contributed by atoms with E-state index in [4.69, 9.17) is 15.1 Å². The Bertz CT molecular complexity index is 323. The summed E-state index contributed by atoms with van der Waals surface area (Å²) >= 11 is 0. The standard InChI is InChI=1S/C13H22N2O3/c1-13(2,10-14)5-3-4-6-15-7-8-18-9-11(15)12(16)17/h11H,3-9H2,1-2H3,(H,16,17). The van der Waals surface area contributed by atoms with Gasteiger partial charge >= 0.3 is 5.97 Å². The van der Waals surface area contributed by atoms with Crippen molar-refractivity contribution in [3.8, 4) is 6.07 Å². The average molecular weight is 254 g/mol. The molecule has 102 valence electrons. The second-order valence-corrected chi connectivity index (χ2v) is 5.42. The molecule has 1 aliphatic heterocycles. The summed E-state index contributed by atoms with van der Waals surface area (Å²) in [4.78, 5) is 13.0. The van der Waals surface area contributed by atoms with Gasteiger partial charge < -0.3 is 9.84 Å². The Morgan fingerprint density at radius 3 is 2.89 bits per heavy atom. The first-order valence-electron chi connectivity index (χ1n) is 6.42. The van der Waals surface area contributed by atoms with Gasteiger partial charge in [-0.15, -0.1) is 0 Å². The highest BCUT2D eigenvalue weighted by molar-refractivity contribution is 5.73. The fourth-order valence-corrected chi connectivity index (χ4v) is 2.07. The number of ether oxygens (including phenoxy) is 1. The van der Waals surface area contributed by atoms with E-state index in [0.717, 1.165) is 25.8 Å². The van der Waals surface area contributed by atoms with E-state index in [0.29, 0.717) is 13.2 Å². The van der Waals surface area contributed by atoms with Crippen LogP contribution >= 0.6 is 0 Å². The lowest BCUT2D eigenvalue weighted by Gasteiger charge is -2.32. The number of carboxylic acids is 1. The smallest absolute Gasteiger partial charge is 0.323 e. The zero-order valence-corrected chi connectivity index (χ0v) is 11.2. The molecule has 0 spiro atoms. The SMILES string of the molecule is CC(C)(C#N)CCCCN1CCOCC1C(=O)O. The molecule has 1 heterocycles. The van der Waals surface area contributed by atoms with Crippen LogP contribution < -0.4 is 0 Å². The summed E-state index contributed by atoms with van der Waals surface area (Å²) in [6.45, 7) is 6.19. The number of carbonyl (C=O) groups is 1. The number of aliphatic carboxylic acids is 1. The predicted molar refractivity (Wildman–Crippen MR) is 67.1 cm³/mol. The first-order chi connectivity index (χ1) is 8.46. The number of hydrogen-bond donors (Lipinski definition) is 1. The number of hydrogen-bond acceptors (Lipinski definition) is 4. The van der Waals surface area contributed by atoms with Crippen LogP contribution in [-0.4, -0.2) is 48.3 Å². The molecule has 0 aliphatic carbocycles. The van der Waals surface area contributed by atoms with Gasteiger partial charge in [0.15, 0.2) is 0 Å². The van der Waals surface area contributed by atoms with Gasteiger partial charge in [0.25, 0.3) is 0 Å². The van der Waals surface area contributed by atoms with E-state index >= 15 is 0 Å². The Morgan fingerprint density at radius 1 is 1.56 bits per heavy atom. The Balaban J connectivity index is 2.29. The number of unbranched alkanes of at least 4 members (excludes halogenated alkanes) is 1. The summed E-state index contributed by atoms with van der Waals surface area (Å²) in [5.74, 6) is -0.813. The van der Waals surface area contributed by atoms with Gasteiger partial charge in [0.2, 0.25) is 0 Å². The maximum absolute atomic E-state index is 11.0. The summed E-state index contributed by atoms with van der Waals surface area (Å²) in [5, 5.41) is 18.0. The highest BCUT2D eigenvalue weighted by Gasteiger charge is 2.28. The Kier molecular flexibility index (Phi) is 5.57. The molecule has 18 heavy (non-hydrogen) atoms. The molecular weight excluding hydrogens is 232 g/mol. The van der Waals surface area contributed by atoms with Crippen LogP contribution in [0.15, 0.2) is 0 Å². The molecule has 1 N–H and O–H groups in total. The predicted octanol–water partition coefficient (Wildman–Crippen LogP) is 1.49. The summed E-state index contributed by atoms with van der Waals surface area (Å²) in [7, 11) is 0. The Hall–Kier alpha value is -1.12. The molecule has 0 aromatic rings. The van der Waals surface area contributed by atoms with E-state index in [9.17, 15) is 4.79 Å². The van der Waals surface area contributed by atoms with Crippen molar-refractivity contribution in [2.24, 2.45) is 5.41 Å². The van der Waals surface area contributed by atoms with Gasteiger partial charge in [0, 0.05) is 6.54 Å². The largest absolute Gasteiger partial charge is 0.480 e. The Labute approximate surface area is 108 Å². The first-order valence-corrected chi connectivity index (χ1v) is 6.42. The lowest BCUT2D eigenvalue weighted by molar-refractivity contribution is -0.149. The highest BCUT2D eigenvalue weighted by Crippen LogP contribution is 2.22. The van der Waals surface area contributed by atoms with Crippen molar-refractivity contribution >= 4 is 5.97 Å². The number of rotatable bonds is 6. The van der Waals surface area contributed by atoms with E-state index in [1.807, 2.05) is 18.7 Å². The normalized spacial score (nSPS) is 21.5. The zero-order chi connectivity index (χ0) is 13.6. The first kappa shape index (κ1) is 14.9. The van der Waals surface area contributed by atoms with Crippen LogP contribution in [0, 0.1) is 16.7 Å². The van der Waals surface area contributed by atoms with Crippen LogP contribution in [0.25, 0.3) is 0 Å². The lowest BCUT2D eigenvalue weighted by atomic mass is 9.89. The van der Waals surface area contributed by atoms with E-state index in [-0.39, 0.29) is 12.0 Å². The van der Waals surface area contributed by atoms with E-state index < -0.39 is 12.0 Å². The lowest BCUT2D eigenvalue weighted by Crippen LogP contribution is -2.50. The summed E-state index contributed by atoms with van der Waals surface area (Å²) < 4.78 is 5.19. The highest BCUT2D eigenvalue weighted by atomic mass is 16.5. The summed E-state index contributed by atoms with van der Waals surface area (Å²) in [6, 6.07) is 1.77. The van der Waals surface area contributed by atoms with Crippen molar-refractivity contribution < 1.29 is 14.6 Å². The fourth-order valence-electron chi connectivity index (χ4n) is 2.07. The molecule has 5 nitrogen and oxygen atoms in total. The van der Waals surface area contributed by atoms with Crippen molar-refractivity contribution in [2.75, 3.05) is 26.3 Å². The molecule has 0 saturated carbocycles. The Morgan fingerprint density at radius 2 is 2.28 bits per heavy atom. The van der Waals surface area contributed by atoms with Crippen LogP contribution in [0.2, 0.25) is 0 Å². The van der Waals surface area contributed by atoms with Crippen LogP contribution in [0.4, 0.5) is 0 Å². The molecular formula is C13H22N2O3. The molecule has 1 aliphatic rings. The van der Waals surface area contributed by atoms with Gasteiger partial charge in [-0.25, -0.2) is 0 Å². The average Bonchev–Trinajstić information content (AvgIpc) is 2.35. The quantitative estimate of drug-likeness (QED) is 0.727. The van der Waals surface area contributed by atoms with Gasteiger partial charge in [0.05, 0.1) is 24.7 Å². The molecule has 1 rings (SSSR count). The van der Waals surface area contributed by atoms with Crippen molar-refractivity contribution in [2.45, 2.75) is 39.2 Å². The third-order valence-corrected chi connectivity index (χ3v) is 3.32. The minimum absolute atomic E-state index is 0.277. The van der Waals surface area contributed by atoms with Gasteiger partial charge in [-0.2, -0.15) is 5.26 Å². The number of nitriles is 1. The summed E-state index contributed by atoms with van der Waals surface area (Å²) in [6.07, 6.45) is 2.73. The van der Waals surface area contributed by atoms with Crippen molar-refractivity contribution in [3.05, 3.63) is 0 Å². The number of nitrogens with zero attached hydrogens (tertiary/aromatic N) is 2. The number of carboxylic acid groups (broad SMARTS) is 1. The molecule has 5 heteroatoms. The number of morpholine rings is 1. The maximum Gasteiger partial charge on any atom is 0.323 e. The minimum atomic E-state index is -0.813. The second-order valence-electron chi connectivity index (χ2n) is 5.42. The van der Waals surface area contributed by atoms with E-state index in [2.05, 4.69) is 6.07 Å². The molecule has 0 bridgehead atoms. The molecule has 0 aromatic carbocycles. The molecule has 0 aromatic heterocycles. The maximum atomic E-state index is 11.0. The summed E-state index contributed by atoms with van der Waals surface area (Å²) in [5.41, 5.74) is -0.281. The molecule has 1 saturated heterocycles. The minimum Gasteiger partial charge on any atom is -0.480 e. The fraction of sp³-hybridized carbons (Fsp3) is 0.846.